The molecule has 0 bridgehead atoms. The first kappa shape index (κ1) is 21.3. The van der Waals surface area contributed by atoms with Gasteiger partial charge in [-0.15, -0.1) is 0 Å². The predicted molar refractivity (Wildman–Crippen MR) is 116 cm³/mol. The number of aryl methyl sites for hydroxylation is 3. The first-order chi connectivity index (χ1) is 14.4. The Labute approximate surface area is 179 Å². The summed E-state index contributed by atoms with van der Waals surface area (Å²) in [6, 6.07) is 4.14. The second kappa shape index (κ2) is 8.33. The number of aliphatic hydroxyl groups excluding tert-OH is 1. The van der Waals surface area contributed by atoms with Crippen molar-refractivity contribution in [2.45, 2.75) is 77.4 Å². The second-order valence-electron chi connectivity index (χ2n) is 9.11. The average molecular weight is 415 g/mol. The number of hydrogen-bond donors (Lipinski definition) is 1. The molecule has 0 aromatic heterocycles. The third kappa shape index (κ3) is 3.55. The van der Waals surface area contributed by atoms with E-state index in [-0.39, 0.29) is 17.8 Å². The Kier molecular flexibility index (Phi) is 5.93. The fourth-order valence-corrected chi connectivity index (χ4v) is 5.47. The molecule has 30 heavy (non-hydrogen) atoms. The van der Waals surface area contributed by atoms with E-state index in [1.807, 2.05) is 18.9 Å². The molecule has 6 nitrogen and oxygen atoms in total. The highest BCUT2D eigenvalue weighted by Gasteiger charge is 2.56. The Morgan fingerprint density at radius 2 is 1.63 bits per heavy atom. The van der Waals surface area contributed by atoms with Crippen LogP contribution in [0.25, 0.3) is 5.57 Å². The molecular formula is C24H34N2O4. The van der Waals surface area contributed by atoms with Crippen molar-refractivity contribution in [2.24, 2.45) is 0 Å². The smallest absolute Gasteiger partial charge is 0.282 e. The van der Waals surface area contributed by atoms with Gasteiger partial charge in [0.2, 0.25) is 0 Å². The number of amides is 1. The molecule has 2 aliphatic heterocycles. The van der Waals surface area contributed by atoms with Gasteiger partial charge in [-0.25, -0.2) is 5.06 Å². The highest BCUT2D eigenvalue weighted by molar-refractivity contribution is 6.23. The van der Waals surface area contributed by atoms with Crippen molar-refractivity contribution in [2.75, 3.05) is 20.2 Å². The molecule has 2 fully saturated rings. The van der Waals surface area contributed by atoms with Gasteiger partial charge in [-0.1, -0.05) is 37.0 Å². The van der Waals surface area contributed by atoms with Gasteiger partial charge in [0.25, 0.3) is 5.91 Å². The average Bonchev–Trinajstić information content (AvgIpc) is 2.91. The summed E-state index contributed by atoms with van der Waals surface area (Å²) in [5.41, 5.74) is 3.59. The Bertz CT molecular complexity index is 826. The number of rotatable bonds is 4. The second-order valence-corrected chi connectivity index (χ2v) is 9.11. The van der Waals surface area contributed by atoms with Gasteiger partial charge in [-0.05, 0) is 63.1 Å². The topological polar surface area (TPSA) is 62.2 Å². The maximum atomic E-state index is 13.7. The Morgan fingerprint density at radius 1 is 1.03 bits per heavy atom. The highest BCUT2D eigenvalue weighted by atomic mass is 16.7. The standard InChI is InChI=1S/C24H34N2O4/c1-16-14-17(2)20(18(3)15-16)21-22(27)24(10-12-25(29-4)13-11-24)26(23(21)28)30-19-8-6-5-7-9-19/h14-15,19,27H,5-13H2,1-4H3. The van der Waals surface area contributed by atoms with E-state index in [0.29, 0.717) is 31.5 Å². The lowest BCUT2D eigenvalue weighted by Gasteiger charge is -2.44. The van der Waals surface area contributed by atoms with E-state index in [1.165, 1.54) is 6.42 Å². The molecule has 1 aromatic rings. The van der Waals surface area contributed by atoms with Crippen LogP contribution < -0.4 is 0 Å². The minimum Gasteiger partial charge on any atom is -0.509 e. The van der Waals surface area contributed by atoms with Crippen molar-refractivity contribution in [3.8, 4) is 0 Å². The van der Waals surface area contributed by atoms with Crippen LogP contribution in [0.4, 0.5) is 0 Å². The van der Waals surface area contributed by atoms with Crippen LogP contribution in [-0.4, -0.2) is 53.0 Å². The van der Waals surface area contributed by atoms with Crippen LogP contribution in [0.2, 0.25) is 0 Å². The Balaban J connectivity index is 1.76. The molecule has 0 radical (unpaired) electrons. The van der Waals surface area contributed by atoms with Crippen LogP contribution in [-0.2, 0) is 14.5 Å². The third-order valence-corrected chi connectivity index (χ3v) is 7.01. The van der Waals surface area contributed by atoms with E-state index < -0.39 is 5.54 Å². The van der Waals surface area contributed by atoms with Crippen LogP contribution in [0.15, 0.2) is 17.9 Å². The van der Waals surface area contributed by atoms with Gasteiger partial charge < -0.3 is 9.94 Å². The number of hydroxylamine groups is 4. The molecule has 0 atom stereocenters. The largest absolute Gasteiger partial charge is 0.509 e. The number of aliphatic hydroxyl groups is 1. The van der Waals surface area contributed by atoms with Crippen molar-refractivity contribution >= 4 is 11.5 Å². The minimum atomic E-state index is -0.817. The molecule has 1 aromatic carbocycles. The van der Waals surface area contributed by atoms with E-state index in [4.69, 9.17) is 9.68 Å². The van der Waals surface area contributed by atoms with Crippen molar-refractivity contribution in [1.82, 2.24) is 10.1 Å². The lowest BCUT2D eigenvalue weighted by molar-refractivity contribution is -0.254. The van der Waals surface area contributed by atoms with Crippen LogP contribution in [0, 0.1) is 20.8 Å². The number of benzene rings is 1. The summed E-state index contributed by atoms with van der Waals surface area (Å²) in [4.78, 5) is 25.5. The van der Waals surface area contributed by atoms with Crippen LogP contribution >= 0.6 is 0 Å². The SMILES string of the molecule is CON1CCC2(CC1)C(O)=C(c1c(C)cc(C)cc1C)C(=O)N2OC1CCCCC1. The molecule has 1 aliphatic carbocycles. The van der Waals surface area contributed by atoms with Gasteiger partial charge in [0.15, 0.2) is 0 Å². The van der Waals surface area contributed by atoms with E-state index in [9.17, 15) is 9.90 Å². The third-order valence-electron chi connectivity index (χ3n) is 7.01. The summed E-state index contributed by atoms with van der Waals surface area (Å²) >= 11 is 0. The molecule has 2 heterocycles. The van der Waals surface area contributed by atoms with Crippen molar-refractivity contribution in [3.63, 3.8) is 0 Å². The summed E-state index contributed by atoms with van der Waals surface area (Å²) < 4.78 is 0. The minimum absolute atomic E-state index is 0.0346. The van der Waals surface area contributed by atoms with Gasteiger partial charge in [0, 0.05) is 13.1 Å². The molecule has 164 valence electrons. The van der Waals surface area contributed by atoms with Crippen LogP contribution in [0.1, 0.15) is 67.2 Å². The van der Waals surface area contributed by atoms with Gasteiger partial charge in [0.1, 0.15) is 11.3 Å². The fourth-order valence-electron chi connectivity index (χ4n) is 5.47. The van der Waals surface area contributed by atoms with Crippen molar-refractivity contribution < 1.29 is 19.6 Å². The monoisotopic (exact) mass is 414 g/mol. The maximum absolute atomic E-state index is 13.7. The first-order valence-electron chi connectivity index (χ1n) is 11.2. The Morgan fingerprint density at radius 3 is 2.20 bits per heavy atom. The van der Waals surface area contributed by atoms with E-state index in [0.717, 1.165) is 47.9 Å². The van der Waals surface area contributed by atoms with E-state index in [2.05, 4.69) is 19.1 Å². The van der Waals surface area contributed by atoms with Gasteiger partial charge in [-0.3, -0.25) is 9.63 Å². The molecule has 1 N–H and O–H groups in total. The number of carbonyl (C=O) groups is 1. The number of nitrogens with zero attached hydrogens (tertiary/aromatic N) is 2. The maximum Gasteiger partial charge on any atom is 0.282 e. The number of carbonyl (C=O) groups excluding carboxylic acids is 1. The normalized spacial score (nSPS) is 23.1. The fraction of sp³-hybridized carbons (Fsp3) is 0.625. The molecule has 1 amide bonds. The van der Waals surface area contributed by atoms with E-state index in [1.54, 1.807) is 12.2 Å². The number of piperidine rings is 1. The van der Waals surface area contributed by atoms with Crippen LogP contribution in [0.3, 0.4) is 0 Å². The molecule has 1 spiro atoms. The first-order valence-corrected chi connectivity index (χ1v) is 11.2. The summed E-state index contributed by atoms with van der Waals surface area (Å²) in [5.74, 6) is -0.0480. The summed E-state index contributed by atoms with van der Waals surface area (Å²) in [6.45, 7) is 7.34. The van der Waals surface area contributed by atoms with Crippen LogP contribution in [0.5, 0.6) is 0 Å². The van der Waals surface area contributed by atoms with Crippen molar-refractivity contribution in [3.05, 3.63) is 40.1 Å². The summed E-state index contributed by atoms with van der Waals surface area (Å²) in [5, 5.41) is 15.0. The quantitative estimate of drug-likeness (QED) is 0.792. The van der Waals surface area contributed by atoms with Gasteiger partial charge >= 0.3 is 0 Å². The summed E-state index contributed by atoms with van der Waals surface area (Å²) in [7, 11) is 1.66. The molecule has 6 heteroatoms. The molecule has 0 unspecified atom stereocenters. The van der Waals surface area contributed by atoms with E-state index >= 15 is 0 Å². The molecule has 1 saturated heterocycles. The molecule has 1 saturated carbocycles. The molecule has 3 aliphatic rings. The summed E-state index contributed by atoms with van der Waals surface area (Å²) in [6.07, 6.45) is 6.59. The van der Waals surface area contributed by atoms with Crippen molar-refractivity contribution in [1.29, 1.82) is 0 Å². The molecule has 4 rings (SSSR count). The number of hydrogen-bond acceptors (Lipinski definition) is 5. The zero-order valence-electron chi connectivity index (χ0n) is 18.7. The molecular weight excluding hydrogens is 380 g/mol. The Hall–Kier alpha value is -1.89. The lowest BCUT2D eigenvalue weighted by atomic mass is 9.85. The zero-order valence-corrected chi connectivity index (χ0v) is 18.7. The predicted octanol–water partition coefficient (Wildman–Crippen LogP) is 4.38. The zero-order chi connectivity index (χ0) is 21.5. The van der Waals surface area contributed by atoms with Gasteiger partial charge in [0.05, 0.1) is 18.8 Å². The van der Waals surface area contributed by atoms with Gasteiger partial charge in [-0.2, -0.15) is 5.06 Å². The highest BCUT2D eigenvalue weighted by Crippen LogP contribution is 2.47. The lowest BCUT2D eigenvalue weighted by Crippen LogP contribution is -2.55.